The number of carbonyl (C=O) groups is 3. The Labute approximate surface area is 230 Å². The first-order chi connectivity index (χ1) is 17.9. The van der Waals surface area contributed by atoms with E-state index in [-0.39, 0.29) is 29.7 Å². The van der Waals surface area contributed by atoms with Crippen molar-refractivity contribution in [3.63, 3.8) is 0 Å². The molecule has 3 rings (SSSR count). The monoisotopic (exact) mass is 549 g/mol. The quantitative estimate of drug-likeness (QED) is 0.273. The van der Waals surface area contributed by atoms with Crippen molar-refractivity contribution in [3.05, 3.63) is 23.5 Å². The van der Waals surface area contributed by atoms with Gasteiger partial charge in [0.25, 0.3) is 5.91 Å². The molecule has 1 saturated heterocycles. The predicted molar refractivity (Wildman–Crippen MR) is 148 cm³/mol. The minimum absolute atomic E-state index is 0.0387. The van der Waals surface area contributed by atoms with E-state index in [1.807, 2.05) is 39.5 Å². The van der Waals surface area contributed by atoms with Crippen LogP contribution < -0.4 is 16.1 Å². The number of anilines is 2. The lowest BCUT2D eigenvalue weighted by Gasteiger charge is -2.32. The number of nitrogens with two attached hydrogens (primary N) is 1. The topological polar surface area (TPSA) is 117 Å². The number of amides is 3. The average Bonchev–Trinajstić information content (AvgIpc) is 3.48. The molecule has 1 aromatic rings. The van der Waals surface area contributed by atoms with Gasteiger partial charge in [-0.05, 0) is 92.7 Å². The highest BCUT2D eigenvalue weighted by Gasteiger charge is 2.34. The Kier molecular flexibility index (Phi) is 9.04. The SMILES string of the molecule is CC(C)N(CC1CCN(c2cc(NC3CC3)c(C(=O)N(N)C(=O)OC(C)(C)C)cc2F)C1)C(=O)OC(C)(C)C. The molecule has 0 radical (unpaired) electrons. The number of nitrogens with one attached hydrogen (secondary N) is 1. The van der Waals surface area contributed by atoms with Crippen molar-refractivity contribution in [1.29, 1.82) is 0 Å². The van der Waals surface area contributed by atoms with Crippen molar-refractivity contribution in [2.24, 2.45) is 11.8 Å². The number of hydrazine groups is 1. The molecule has 0 aromatic heterocycles. The molecule has 1 atom stereocenters. The summed E-state index contributed by atoms with van der Waals surface area (Å²) in [7, 11) is 0. The largest absolute Gasteiger partial charge is 0.444 e. The third-order valence-corrected chi connectivity index (χ3v) is 6.40. The van der Waals surface area contributed by atoms with E-state index in [0.29, 0.717) is 36.0 Å². The van der Waals surface area contributed by atoms with Gasteiger partial charge in [0.15, 0.2) is 0 Å². The summed E-state index contributed by atoms with van der Waals surface area (Å²) in [6.45, 7) is 16.0. The van der Waals surface area contributed by atoms with Crippen LogP contribution in [0.2, 0.25) is 0 Å². The fourth-order valence-electron chi connectivity index (χ4n) is 4.37. The zero-order chi connectivity index (χ0) is 29.3. The third-order valence-electron chi connectivity index (χ3n) is 6.40. The van der Waals surface area contributed by atoms with Crippen molar-refractivity contribution in [2.75, 3.05) is 29.9 Å². The second-order valence-electron chi connectivity index (χ2n) is 12.8. The maximum atomic E-state index is 15.5. The summed E-state index contributed by atoms with van der Waals surface area (Å²) < 4.78 is 26.3. The number of imide groups is 1. The van der Waals surface area contributed by atoms with E-state index in [4.69, 9.17) is 15.3 Å². The summed E-state index contributed by atoms with van der Waals surface area (Å²) in [5.74, 6) is 4.45. The zero-order valence-corrected chi connectivity index (χ0v) is 24.5. The van der Waals surface area contributed by atoms with Crippen LogP contribution in [0, 0.1) is 11.7 Å². The Morgan fingerprint density at radius 3 is 2.18 bits per heavy atom. The van der Waals surface area contributed by atoms with Gasteiger partial charge in [-0.2, -0.15) is 5.01 Å². The summed E-state index contributed by atoms with van der Waals surface area (Å²) in [5, 5.41) is 3.65. The minimum Gasteiger partial charge on any atom is -0.444 e. The Morgan fingerprint density at radius 1 is 1.05 bits per heavy atom. The molecule has 39 heavy (non-hydrogen) atoms. The van der Waals surface area contributed by atoms with E-state index in [1.165, 1.54) is 0 Å². The van der Waals surface area contributed by atoms with Crippen LogP contribution in [0.4, 0.5) is 25.4 Å². The molecule has 1 aliphatic carbocycles. The molecule has 1 saturated carbocycles. The van der Waals surface area contributed by atoms with Crippen LogP contribution in [0.15, 0.2) is 12.1 Å². The zero-order valence-electron chi connectivity index (χ0n) is 24.5. The lowest BCUT2D eigenvalue weighted by molar-refractivity contribution is 0.0160. The Morgan fingerprint density at radius 2 is 1.64 bits per heavy atom. The summed E-state index contributed by atoms with van der Waals surface area (Å²) in [5.41, 5.74) is -0.712. The second kappa shape index (κ2) is 11.6. The molecule has 1 aromatic carbocycles. The molecule has 3 amide bonds. The third kappa shape index (κ3) is 8.45. The van der Waals surface area contributed by atoms with Crippen LogP contribution in [0.3, 0.4) is 0 Å². The number of nitrogens with zero attached hydrogens (tertiary/aromatic N) is 3. The number of rotatable bonds is 7. The molecule has 2 fully saturated rings. The molecule has 11 heteroatoms. The van der Waals surface area contributed by atoms with Crippen molar-refractivity contribution in [1.82, 2.24) is 9.91 Å². The number of halogens is 1. The van der Waals surface area contributed by atoms with Crippen LogP contribution in [0.25, 0.3) is 0 Å². The van der Waals surface area contributed by atoms with Gasteiger partial charge in [-0.3, -0.25) is 4.79 Å². The fraction of sp³-hybridized carbons (Fsp3) is 0.679. The van der Waals surface area contributed by atoms with Gasteiger partial charge in [0, 0.05) is 37.4 Å². The van der Waals surface area contributed by atoms with Gasteiger partial charge in [0.05, 0.1) is 11.3 Å². The first-order valence-electron chi connectivity index (χ1n) is 13.6. The molecule has 1 unspecified atom stereocenters. The molecule has 2 aliphatic rings. The highest BCUT2D eigenvalue weighted by atomic mass is 19.1. The standard InChI is InChI=1S/C28H44FN5O5/c1-17(2)33(25(36)38-27(3,4)5)16-18-11-12-32(15-18)23-14-22(31-19-9-10-19)20(13-21(23)29)24(35)34(30)26(37)39-28(6,7)8/h13-14,17-19,31H,9-12,15-16,30H2,1-8H3. The number of hydrogen-bond donors (Lipinski definition) is 2. The van der Waals surface area contributed by atoms with E-state index >= 15 is 4.39 Å². The van der Waals surface area contributed by atoms with Gasteiger partial charge in [0.2, 0.25) is 0 Å². The van der Waals surface area contributed by atoms with Crippen molar-refractivity contribution < 1.29 is 28.2 Å². The fourth-order valence-corrected chi connectivity index (χ4v) is 4.37. The predicted octanol–water partition coefficient (Wildman–Crippen LogP) is 5.12. The Hall–Kier alpha value is -3.08. The van der Waals surface area contributed by atoms with Gasteiger partial charge in [-0.15, -0.1) is 0 Å². The highest BCUT2D eigenvalue weighted by Crippen LogP contribution is 2.35. The van der Waals surface area contributed by atoms with Crippen LogP contribution in [-0.2, 0) is 9.47 Å². The lowest BCUT2D eigenvalue weighted by Crippen LogP contribution is -2.45. The molecule has 10 nitrogen and oxygen atoms in total. The van der Waals surface area contributed by atoms with E-state index in [1.54, 1.807) is 31.7 Å². The minimum atomic E-state index is -1.02. The van der Waals surface area contributed by atoms with Gasteiger partial charge >= 0.3 is 12.2 Å². The van der Waals surface area contributed by atoms with Crippen LogP contribution >= 0.6 is 0 Å². The van der Waals surface area contributed by atoms with Gasteiger partial charge in [-0.25, -0.2) is 19.8 Å². The normalized spacial score (nSPS) is 17.7. The van der Waals surface area contributed by atoms with Crippen LogP contribution in [0.5, 0.6) is 0 Å². The number of carbonyl (C=O) groups excluding carboxylic acids is 3. The van der Waals surface area contributed by atoms with Gasteiger partial charge in [0.1, 0.15) is 17.0 Å². The highest BCUT2D eigenvalue weighted by molar-refractivity contribution is 6.06. The summed E-state index contributed by atoms with van der Waals surface area (Å²) >= 11 is 0. The van der Waals surface area contributed by atoms with Crippen molar-refractivity contribution in [3.8, 4) is 0 Å². The summed E-state index contributed by atoms with van der Waals surface area (Å²) in [6.07, 6.45) is 1.25. The van der Waals surface area contributed by atoms with E-state index in [9.17, 15) is 14.4 Å². The number of benzene rings is 1. The Balaban J connectivity index is 1.79. The maximum Gasteiger partial charge on any atom is 0.432 e. The molecule has 1 heterocycles. The molecule has 3 N–H and O–H groups in total. The van der Waals surface area contributed by atoms with Crippen LogP contribution in [0.1, 0.15) is 85.0 Å². The first-order valence-corrected chi connectivity index (χ1v) is 13.6. The smallest absolute Gasteiger partial charge is 0.432 e. The molecule has 1 aliphatic heterocycles. The van der Waals surface area contributed by atoms with E-state index in [2.05, 4.69) is 5.32 Å². The van der Waals surface area contributed by atoms with Gasteiger partial charge < -0.3 is 24.6 Å². The molecule has 0 spiro atoms. The second-order valence-corrected chi connectivity index (χ2v) is 12.8. The van der Waals surface area contributed by atoms with Gasteiger partial charge in [-0.1, -0.05) is 0 Å². The lowest BCUT2D eigenvalue weighted by atomic mass is 10.1. The number of hydrogen-bond acceptors (Lipinski definition) is 8. The summed E-state index contributed by atoms with van der Waals surface area (Å²) in [4.78, 5) is 41.9. The summed E-state index contributed by atoms with van der Waals surface area (Å²) in [6, 6.07) is 2.86. The van der Waals surface area contributed by atoms with Crippen molar-refractivity contribution in [2.45, 2.75) is 97.9 Å². The molecular formula is C28H44FN5O5. The van der Waals surface area contributed by atoms with E-state index in [0.717, 1.165) is 25.3 Å². The molecule has 0 bridgehead atoms. The van der Waals surface area contributed by atoms with E-state index < -0.39 is 29.0 Å². The van der Waals surface area contributed by atoms with Crippen LogP contribution in [-0.4, -0.2) is 70.9 Å². The molecule has 218 valence electrons. The number of ether oxygens (including phenoxy) is 2. The van der Waals surface area contributed by atoms with Crippen molar-refractivity contribution >= 4 is 29.5 Å². The maximum absolute atomic E-state index is 15.5. The Bertz CT molecular complexity index is 1080. The average molecular weight is 550 g/mol. The molecular weight excluding hydrogens is 505 g/mol. The first kappa shape index (κ1) is 30.5.